The van der Waals surface area contributed by atoms with Gasteiger partial charge >= 0.3 is 0 Å². The topological polar surface area (TPSA) is 58.4 Å². The van der Waals surface area contributed by atoms with Gasteiger partial charge in [0.15, 0.2) is 0 Å². The summed E-state index contributed by atoms with van der Waals surface area (Å²) in [7, 11) is 0. The van der Waals surface area contributed by atoms with E-state index in [1.54, 1.807) is 12.1 Å². The first-order chi connectivity index (χ1) is 8.56. The van der Waals surface area contributed by atoms with Gasteiger partial charge in [-0.1, -0.05) is 15.9 Å². The minimum absolute atomic E-state index is 0.124. The number of hydrogen-bond donors (Lipinski definition) is 1. The van der Waals surface area contributed by atoms with Crippen molar-refractivity contribution in [3.63, 3.8) is 0 Å². The molecule has 1 heterocycles. The molecule has 1 atom stereocenters. The molecule has 0 spiro atoms. The fourth-order valence-corrected chi connectivity index (χ4v) is 2.67. The van der Waals surface area contributed by atoms with Crippen LogP contribution < -0.4 is 5.32 Å². The molecule has 0 radical (unpaired) electrons. The summed E-state index contributed by atoms with van der Waals surface area (Å²) in [6, 6.07) is 5.46. The molecule has 1 fully saturated rings. The zero-order valence-electron chi connectivity index (χ0n) is 10.2. The smallest absolute Gasteiger partial charge is 0.270 e. The highest BCUT2D eigenvalue weighted by Crippen LogP contribution is 2.24. The molecule has 18 heavy (non-hydrogen) atoms. The highest BCUT2D eigenvalue weighted by molar-refractivity contribution is 9.10. The molecular formula is C12H16BrN3O2. The van der Waals surface area contributed by atoms with Gasteiger partial charge in [-0.25, -0.2) is 0 Å². The van der Waals surface area contributed by atoms with Gasteiger partial charge in [-0.05, 0) is 18.6 Å². The average Bonchev–Trinajstić information content (AvgIpc) is 2.31. The molecule has 1 aromatic carbocycles. The second-order valence-corrected chi connectivity index (χ2v) is 5.48. The number of hydrogen-bond acceptors (Lipinski definition) is 4. The van der Waals surface area contributed by atoms with E-state index < -0.39 is 0 Å². The third-order valence-corrected chi connectivity index (χ3v) is 3.83. The zero-order chi connectivity index (χ0) is 13.1. The molecule has 5 nitrogen and oxygen atoms in total. The van der Waals surface area contributed by atoms with Gasteiger partial charge in [0.25, 0.3) is 5.69 Å². The highest BCUT2D eigenvalue weighted by Gasteiger charge is 2.17. The molecule has 0 bridgehead atoms. The summed E-state index contributed by atoms with van der Waals surface area (Å²) in [4.78, 5) is 12.6. The number of nitro groups is 1. The van der Waals surface area contributed by atoms with Gasteiger partial charge in [0.1, 0.15) is 0 Å². The van der Waals surface area contributed by atoms with Gasteiger partial charge in [-0.15, -0.1) is 0 Å². The van der Waals surface area contributed by atoms with Gasteiger partial charge in [-0.3, -0.25) is 15.0 Å². The summed E-state index contributed by atoms with van der Waals surface area (Å²) in [5, 5.41) is 14.1. The maximum atomic E-state index is 10.7. The lowest BCUT2D eigenvalue weighted by Gasteiger charge is -2.32. The second-order valence-electron chi connectivity index (χ2n) is 4.62. The van der Waals surface area contributed by atoms with Gasteiger partial charge in [0, 0.05) is 48.8 Å². The van der Waals surface area contributed by atoms with E-state index in [1.165, 1.54) is 0 Å². The number of halogens is 1. The number of nitrogens with zero attached hydrogens (tertiary/aromatic N) is 2. The quantitative estimate of drug-likeness (QED) is 0.686. The SMILES string of the molecule is C[C@@H]1CN(Cc2ccc([N+](=O)[O-])cc2Br)CCN1. The summed E-state index contributed by atoms with van der Waals surface area (Å²) < 4.78 is 0.808. The molecule has 1 saturated heterocycles. The first-order valence-corrected chi connectivity index (χ1v) is 6.74. The van der Waals surface area contributed by atoms with Crippen LogP contribution in [0.2, 0.25) is 0 Å². The molecule has 98 valence electrons. The van der Waals surface area contributed by atoms with E-state index in [0.29, 0.717) is 6.04 Å². The van der Waals surface area contributed by atoms with Crippen molar-refractivity contribution in [1.29, 1.82) is 0 Å². The molecule has 2 rings (SSSR count). The van der Waals surface area contributed by atoms with Crippen LogP contribution in [-0.2, 0) is 6.54 Å². The Balaban J connectivity index is 2.07. The lowest BCUT2D eigenvalue weighted by atomic mass is 10.1. The molecule has 6 heteroatoms. The first kappa shape index (κ1) is 13.5. The minimum atomic E-state index is -0.374. The highest BCUT2D eigenvalue weighted by atomic mass is 79.9. The van der Waals surface area contributed by atoms with Crippen molar-refractivity contribution < 1.29 is 4.92 Å². The van der Waals surface area contributed by atoms with Gasteiger partial charge < -0.3 is 5.32 Å². The second kappa shape index (κ2) is 5.77. The summed E-state index contributed by atoms with van der Waals surface area (Å²) >= 11 is 3.41. The van der Waals surface area contributed by atoms with Crippen molar-refractivity contribution in [3.8, 4) is 0 Å². The molecule has 1 N–H and O–H groups in total. The predicted octanol–water partition coefficient (Wildman–Crippen LogP) is 2.15. The van der Waals surface area contributed by atoms with Crippen LogP contribution in [0.25, 0.3) is 0 Å². The Morgan fingerprint density at radius 3 is 3.00 bits per heavy atom. The fraction of sp³-hybridized carbons (Fsp3) is 0.500. The molecule has 0 aliphatic carbocycles. The van der Waals surface area contributed by atoms with Gasteiger partial charge in [-0.2, -0.15) is 0 Å². The van der Waals surface area contributed by atoms with Crippen molar-refractivity contribution in [2.45, 2.75) is 19.5 Å². The fourth-order valence-electron chi connectivity index (χ4n) is 2.17. The Kier molecular flexibility index (Phi) is 4.31. The number of nitro benzene ring substituents is 1. The van der Waals surface area contributed by atoms with E-state index >= 15 is 0 Å². The Morgan fingerprint density at radius 2 is 2.39 bits per heavy atom. The van der Waals surface area contributed by atoms with E-state index in [9.17, 15) is 10.1 Å². The first-order valence-electron chi connectivity index (χ1n) is 5.95. The van der Waals surface area contributed by atoms with Crippen molar-refractivity contribution >= 4 is 21.6 Å². The largest absolute Gasteiger partial charge is 0.312 e. The van der Waals surface area contributed by atoms with E-state index in [0.717, 1.165) is 36.2 Å². The minimum Gasteiger partial charge on any atom is -0.312 e. The lowest BCUT2D eigenvalue weighted by molar-refractivity contribution is -0.384. The summed E-state index contributed by atoms with van der Waals surface area (Å²) in [5.41, 5.74) is 1.22. The van der Waals surface area contributed by atoms with Crippen LogP contribution in [0.5, 0.6) is 0 Å². The summed E-state index contributed by atoms with van der Waals surface area (Å²) in [6.45, 7) is 5.99. The van der Waals surface area contributed by atoms with Crippen molar-refractivity contribution in [1.82, 2.24) is 10.2 Å². The maximum absolute atomic E-state index is 10.7. The van der Waals surface area contributed by atoms with Gasteiger partial charge in [0.05, 0.1) is 4.92 Å². The molecule has 1 aliphatic rings. The van der Waals surface area contributed by atoms with Crippen molar-refractivity contribution in [2.75, 3.05) is 19.6 Å². The Bertz CT molecular complexity index is 453. The third-order valence-electron chi connectivity index (χ3n) is 3.09. The maximum Gasteiger partial charge on any atom is 0.270 e. The van der Waals surface area contributed by atoms with Crippen LogP contribution in [0.4, 0.5) is 5.69 Å². The van der Waals surface area contributed by atoms with Crippen LogP contribution in [-0.4, -0.2) is 35.5 Å². The molecule has 0 saturated carbocycles. The van der Waals surface area contributed by atoms with Crippen LogP contribution in [0.1, 0.15) is 12.5 Å². The van der Waals surface area contributed by atoms with E-state index in [2.05, 4.69) is 33.1 Å². The Labute approximate surface area is 114 Å². The standard InChI is InChI=1S/C12H16BrN3O2/c1-9-7-15(5-4-14-9)8-10-2-3-11(16(17)18)6-12(10)13/h2-3,6,9,14H,4-5,7-8H2,1H3/t9-/m1/s1. The van der Waals surface area contributed by atoms with E-state index in [1.807, 2.05) is 6.07 Å². The molecule has 0 unspecified atom stereocenters. The number of benzene rings is 1. The van der Waals surface area contributed by atoms with Crippen LogP contribution in [0.15, 0.2) is 22.7 Å². The molecular weight excluding hydrogens is 298 g/mol. The zero-order valence-corrected chi connectivity index (χ0v) is 11.8. The van der Waals surface area contributed by atoms with E-state index in [-0.39, 0.29) is 10.6 Å². The third kappa shape index (κ3) is 3.28. The number of nitrogens with one attached hydrogen (secondary N) is 1. The van der Waals surface area contributed by atoms with Crippen molar-refractivity contribution in [2.24, 2.45) is 0 Å². The van der Waals surface area contributed by atoms with Crippen LogP contribution in [0, 0.1) is 10.1 Å². The molecule has 1 aromatic rings. The molecule has 0 amide bonds. The number of rotatable bonds is 3. The lowest BCUT2D eigenvalue weighted by Crippen LogP contribution is -2.48. The number of piperazine rings is 1. The summed E-state index contributed by atoms with van der Waals surface area (Å²) in [5.74, 6) is 0. The summed E-state index contributed by atoms with van der Waals surface area (Å²) in [6.07, 6.45) is 0. The molecule has 1 aliphatic heterocycles. The van der Waals surface area contributed by atoms with Crippen LogP contribution in [0.3, 0.4) is 0 Å². The molecule has 0 aromatic heterocycles. The van der Waals surface area contributed by atoms with Gasteiger partial charge in [0.2, 0.25) is 0 Å². The predicted molar refractivity (Wildman–Crippen MR) is 73.5 cm³/mol. The van der Waals surface area contributed by atoms with E-state index in [4.69, 9.17) is 0 Å². The monoisotopic (exact) mass is 313 g/mol. The Hall–Kier alpha value is -0.980. The Morgan fingerprint density at radius 1 is 1.61 bits per heavy atom. The van der Waals surface area contributed by atoms with Crippen molar-refractivity contribution in [3.05, 3.63) is 38.3 Å². The average molecular weight is 314 g/mol. The normalized spacial score (nSPS) is 20.9. The van der Waals surface area contributed by atoms with Crippen LogP contribution >= 0.6 is 15.9 Å². The number of non-ortho nitro benzene ring substituents is 1.